The van der Waals surface area contributed by atoms with Crippen molar-refractivity contribution in [2.45, 2.75) is 29.8 Å². The minimum atomic E-state index is -1.39. The maximum absolute atomic E-state index is 15.4. The number of carbonyl (C=O) groups is 1. The van der Waals surface area contributed by atoms with Gasteiger partial charge in [0.2, 0.25) is 5.43 Å². The molecule has 2 unspecified atom stereocenters. The number of nitrogens with one attached hydrogen (secondary N) is 1. The van der Waals surface area contributed by atoms with Crippen molar-refractivity contribution in [1.29, 1.82) is 0 Å². The van der Waals surface area contributed by atoms with Gasteiger partial charge in [0.25, 0.3) is 0 Å². The third-order valence-corrected chi connectivity index (χ3v) is 6.26. The van der Waals surface area contributed by atoms with E-state index in [1.165, 1.54) is 16.3 Å². The number of pyridine rings is 1. The monoisotopic (exact) mass is 381 g/mol. The Kier molecular flexibility index (Phi) is 3.96. The van der Waals surface area contributed by atoms with Gasteiger partial charge in [0.15, 0.2) is 5.82 Å². The Balaban J connectivity index is 2.01. The van der Waals surface area contributed by atoms with Gasteiger partial charge < -0.3 is 19.9 Å². The molecule has 0 bridgehead atoms. The number of aromatic carboxylic acids is 1. The molecule has 2 aliphatic rings. The second-order valence-corrected chi connectivity index (χ2v) is 7.84. The zero-order valence-corrected chi connectivity index (χ0v) is 15.0. The van der Waals surface area contributed by atoms with Crippen LogP contribution in [0.2, 0.25) is 0 Å². The zero-order chi connectivity index (χ0) is 18.7. The van der Waals surface area contributed by atoms with Gasteiger partial charge in [-0.05, 0) is 26.5 Å². The number of carboxylic acids is 1. The average Bonchev–Trinajstić information content (AvgIpc) is 3.04. The van der Waals surface area contributed by atoms with Crippen LogP contribution < -0.4 is 15.6 Å². The largest absolute Gasteiger partial charge is 0.477 e. The number of hydrogen-bond donors (Lipinski definition) is 2. The average molecular weight is 381 g/mol. The number of hydrogen-bond acceptors (Lipinski definition) is 5. The molecule has 2 atom stereocenters. The van der Waals surface area contributed by atoms with Crippen LogP contribution in [0.1, 0.15) is 29.1 Å². The fourth-order valence-corrected chi connectivity index (χ4v) is 4.91. The van der Waals surface area contributed by atoms with Gasteiger partial charge in [0, 0.05) is 19.1 Å². The number of rotatable bonds is 3. The Morgan fingerprint density at radius 2 is 2.15 bits per heavy atom. The molecule has 0 spiro atoms. The summed E-state index contributed by atoms with van der Waals surface area (Å²) >= 11 is 1.19. The van der Waals surface area contributed by atoms with Crippen LogP contribution in [0.15, 0.2) is 15.9 Å². The van der Waals surface area contributed by atoms with Gasteiger partial charge in [0.05, 0.1) is 21.3 Å². The minimum Gasteiger partial charge on any atom is -0.477 e. The summed E-state index contributed by atoms with van der Waals surface area (Å²) in [5.41, 5.74) is -1.46. The number of aromatic nitrogens is 1. The lowest BCUT2D eigenvalue weighted by Crippen LogP contribution is -2.32. The van der Waals surface area contributed by atoms with Crippen molar-refractivity contribution in [1.82, 2.24) is 9.88 Å². The number of anilines is 1. The van der Waals surface area contributed by atoms with Gasteiger partial charge >= 0.3 is 5.97 Å². The van der Waals surface area contributed by atoms with E-state index in [0.29, 0.717) is 13.1 Å². The van der Waals surface area contributed by atoms with Crippen LogP contribution in [0.4, 0.5) is 14.5 Å². The SMILES string of the molecule is CNC1CCN(c2c(F)cc3c(=O)c(C(=O)O)c4n(c3c2F)C(C)S4)C1. The summed E-state index contributed by atoms with van der Waals surface area (Å²) in [6.07, 6.45) is 0.760. The van der Waals surface area contributed by atoms with Gasteiger partial charge in [-0.25, -0.2) is 13.6 Å². The van der Waals surface area contributed by atoms with E-state index in [1.807, 2.05) is 0 Å². The Morgan fingerprint density at radius 3 is 2.73 bits per heavy atom. The second kappa shape index (κ2) is 5.95. The van der Waals surface area contributed by atoms with Gasteiger partial charge in [-0.3, -0.25) is 4.79 Å². The number of likely N-dealkylation sites (N-methyl/N-ethyl adjacent to an activating group) is 1. The molecule has 0 radical (unpaired) electrons. The summed E-state index contributed by atoms with van der Waals surface area (Å²) in [6, 6.07) is 1.11. The molecular formula is C17H17F2N3O3S. The van der Waals surface area contributed by atoms with Crippen molar-refractivity contribution in [2.75, 3.05) is 25.0 Å². The molecule has 6 nitrogen and oxygen atoms in total. The summed E-state index contributed by atoms with van der Waals surface area (Å²) in [4.78, 5) is 25.6. The fraction of sp³-hybridized carbons (Fsp3) is 0.412. The topological polar surface area (TPSA) is 74.6 Å². The lowest BCUT2D eigenvalue weighted by molar-refractivity contribution is 0.0689. The van der Waals surface area contributed by atoms with Crippen LogP contribution in [-0.4, -0.2) is 41.8 Å². The third kappa shape index (κ3) is 2.26. The lowest BCUT2D eigenvalue weighted by Gasteiger charge is -2.33. The van der Waals surface area contributed by atoms with Gasteiger partial charge in [-0.15, -0.1) is 0 Å². The standard InChI is InChI=1S/C17H17F2N3O3S/c1-7-22-13-9(15(23)11(17(24)25)16(22)26-7)5-10(18)14(12(13)19)21-4-3-8(6-21)20-2/h5,7-8,20H,3-4,6H2,1-2H3,(H,24,25). The quantitative estimate of drug-likeness (QED) is 0.851. The van der Waals surface area contributed by atoms with E-state index < -0.39 is 28.6 Å². The number of thioether (sulfide) groups is 1. The fourth-order valence-electron chi connectivity index (χ4n) is 3.77. The number of benzene rings is 1. The smallest absolute Gasteiger partial charge is 0.342 e. The molecule has 0 saturated carbocycles. The normalized spacial score (nSPS) is 21.8. The third-order valence-electron chi connectivity index (χ3n) is 5.09. The van der Waals surface area contributed by atoms with Crippen molar-refractivity contribution in [2.24, 2.45) is 0 Å². The molecule has 3 heterocycles. The zero-order valence-electron chi connectivity index (χ0n) is 14.2. The van der Waals surface area contributed by atoms with E-state index >= 15 is 4.39 Å². The predicted molar refractivity (Wildman–Crippen MR) is 95.3 cm³/mol. The maximum Gasteiger partial charge on any atom is 0.342 e. The Bertz CT molecular complexity index is 1010. The molecule has 1 aromatic heterocycles. The predicted octanol–water partition coefficient (Wildman–Crippen LogP) is 2.40. The highest BCUT2D eigenvalue weighted by molar-refractivity contribution is 8.00. The molecule has 2 aromatic rings. The Labute approximate surface area is 151 Å². The summed E-state index contributed by atoms with van der Waals surface area (Å²) < 4.78 is 31.6. The summed E-state index contributed by atoms with van der Waals surface area (Å²) in [6.45, 7) is 2.74. The van der Waals surface area contributed by atoms with E-state index in [2.05, 4.69) is 5.32 Å². The van der Waals surface area contributed by atoms with Crippen LogP contribution in [0.5, 0.6) is 0 Å². The summed E-state index contributed by atoms with van der Waals surface area (Å²) in [7, 11) is 1.80. The molecular weight excluding hydrogens is 364 g/mol. The van der Waals surface area contributed by atoms with E-state index in [-0.39, 0.29) is 33.0 Å². The highest BCUT2D eigenvalue weighted by atomic mass is 32.2. The molecule has 0 amide bonds. The highest BCUT2D eigenvalue weighted by Crippen LogP contribution is 2.47. The van der Waals surface area contributed by atoms with Crippen LogP contribution in [0, 0.1) is 11.6 Å². The number of nitrogens with zero attached hydrogens (tertiary/aromatic N) is 2. The van der Waals surface area contributed by atoms with Crippen molar-refractivity contribution in [3.8, 4) is 0 Å². The van der Waals surface area contributed by atoms with Gasteiger partial charge in [-0.2, -0.15) is 0 Å². The molecule has 26 heavy (non-hydrogen) atoms. The van der Waals surface area contributed by atoms with Crippen molar-refractivity contribution < 1.29 is 18.7 Å². The lowest BCUT2D eigenvalue weighted by atomic mass is 10.1. The number of halogens is 2. The van der Waals surface area contributed by atoms with Crippen molar-refractivity contribution in [3.63, 3.8) is 0 Å². The minimum absolute atomic E-state index is 0.0226. The first kappa shape index (κ1) is 17.3. The molecule has 0 aliphatic carbocycles. The highest BCUT2D eigenvalue weighted by Gasteiger charge is 2.36. The first-order valence-electron chi connectivity index (χ1n) is 8.27. The van der Waals surface area contributed by atoms with E-state index in [1.54, 1.807) is 18.9 Å². The molecule has 138 valence electrons. The second-order valence-electron chi connectivity index (χ2n) is 6.54. The summed E-state index contributed by atoms with van der Waals surface area (Å²) in [5, 5.41) is 12.2. The molecule has 1 saturated heterocycles. The number of carboxylic acid groups (broad SMARTS) is 1. The van der Waals surface area contributed by atoms with Crippen LogP contribution in [0.25, 0.3) is 10.9 Å². The van der Waals surface area contributed by atoms with Gasteiger partial charge in [-0.1, -0.05) is 11.8 Å². The van der Waals surface area contributed by atoms with E-state index in [9.17, 15) is 19.1 Å². The van der Waals surface area contributed by atoms with Crippen LogP contribution in [-0.2, 0) is 0 Å². The molecule has 1 aromatic carbocycles. The molecule has 9 heteroatoms. The molecule has 2 N–H and O–H groups in total. The maximum atomic E-state index is 15.4. The van der Waals surface area contributed by atoms with Crippen molar-refractivity contribution >= 4 is 34.3 Å². The first-order valence-corrected chi connectivity index (χ1v) is 9.15. The van der Waals surface area contributed by atoms with Crippen LogP contribution in [0.3, 0.4) is 0 Å². The first-order chi connectivity index (χ1) is 12.3. The van der Waals surface area contributed by atoms with E-state index in [4.69, 9.17) is 0 Å². The number of fused-ring (bicyclic) bond motifs is 3. The Hall–Kier alpha value is -2.13. The molecule has 4 rings (SSSR count). The van der Waals surface area contributed by atoms with Crippen LogP contribution >= 0.6 is 11.8 Å². The van der Waals surface area contributed by atoms with Gasteiger partial charge in [0.1, 0.15) is 17.1 Å². The van der Waals surface area contributed by atoms with E-state index in [0.717, 1.165) is 12.5 Å². The molecule has 1 fully saturated rings. The Morgan fingerprint density at radius 1 is 1.42 bits per heavy atom. The summed E-state index contributed by atoms with van der Waals surface area (Å²) in [5.74, 6) is -3.04. The molecule has 2 aliphatic heterocycles. The van der Waals surface area contributed by atoms with Crippen molar-refractivity contribution in [3.05, 3.63) is 33.5 Å².